The van der Waals surface area contributed by atoms with Crippen LogP contribution in [0.4, 0.5) is 5.69 Å². The zero-order chi connectivity index (χ0) is 13.2. The van der Waals surface area contributed by atoms with Crippen molar-refractivity contribution in [1.29, 1.82) is 0 Å². The van der Waals surface area contributed by atoms with E-state index in [1.165, 1.54) is 6.07 Å². The van der Waals surface area contributed by atoms with Crippen LogP contribution in [0.15, 0.2) is 21.5 Å². The molecular formula is C8H7BrClNO5S. The first-order valence-electron chi connectivity index (χ1n) is 4.33. The highest BCUT2D eigenvalue weighted by Crippen LogP contribution is 2.39. The number of halogens is 2. The van der Waals surface area contributed by atoms with Gasteiger partial charge in [0, 0.05) is 16.7 Å². The number of nitro groups is 1. The summed E-state index contributed by atoms with van der Waals surface area (Å²) in [6.07, 6.45) is 0. The van der Waals surface area contributed by atoms with E-state index in [1.807, 2.05) is 0 Å². The third-order valence-corrected chi connectivity index (χ3v) is 4.20. The van der Waals surface area contributed by atoms with Crippen molar-refractivity contribution in [3.05, 3.63) is 26.7 Å². The number of nitro benzene ring substituents is 1. The molecule has 94 valence electrons. The van der Waals surface area contributed by atoms with Crippen LogP contribution in [0.25, 0.3) is 0 Å². The maximum atomic E-state index is 11.4. The molecule has 1 aromatic rings. The van der Waals surface area contributed by atoms with Gasteiger partial charge in [-0.25, -0.2) is 8.42 Å². The molecule has 6 nitrogen and oxygen atoms in total. The van der Waals surface area contributed by atoms with E-state index in [1.54, 1.807) is 6.92 Å². The van der Waals surface area contributed by atoms with Crippen LogP contribution in [0.2, 0.25) is 0 Å². The number of nitrogens with zero attached hydrogens (tertiary/aromatic N) is 1. The molecule has 0 saturated heterocycles. The molecule has 0 fully saturated rings. The van der Waals surface area contributed by atoms with Crippen molar-refractivity contribution in [2.24, 2.45) is 0 Å². The molecular weight excluding hydrogens is 338 g/mol. The topological polar surface area (TPSA) is 86.5 Å². The van der Waals surface area contributed by atoms with Crippen molar-refractivity contribution in [2.45, 2.75) is 11.8 Å². The number of ether oxygens (including phenoxy) is 1. The Balaban J connectivity index is 3.59. The van der Waals surface area contributed by atoms with E-state index in [0.29, 0.717) is 0 Å². The predicted octanol–water partition coefficient (Wildman–Crippen LogP) is 2.68. The summed E-state index contributed by atoms with van der Waals surface area (Å²) in [6, 6.07) is 2.34. The lowest BCUT2D eigenvalue weighted by molar-refractivity contribution is -0.385. The summed E-state index contributed by atoms with van der Waals surface area (Å²) >= 11 is 2.85. The first-order valence-corrected chi connectivity index (χ1v) is 7.43. The summed E-state index contributed by atoms with van der Waals surface area (Å²) in [5.74, 6) is -0.0278. The zero-order valence-corrected chi connectivity index (χ0v) is 11.7. The van der Waals surface area contributed by atoms with Gasteiger partial charge in [0.25, 0.3) is 14.7 Å². The van der Waals surface area contributed by atoms with Crippen molar-refractivity contribution in [2.75, 3.05) is 6.61 Å². The smallest absolute Gasteiger partial charge is 0.285 e. The van der Waals surface area contributed by atoms with Crippen LogP contribution < -0.4 is 4.74 Å². The molecule has 0 aliphatic rings. The van der Waals surface area contributed by atoms with E-state index in [4.69, 9.17) is 15.4 Å². The summed E-state index contributed by atoms with van der Waals surface area (Å²) < 4.78 is 27.6. The van der Waals surface area contributed by atoms with E-state index >= 15 is 0 Å². The highest BCUT2D eigenvalue weighted by Gasteiger charge is 2.27. The van der Waals surface area contributed by atoms with Gasteiger partial charge in [-0.3, -0.25) is 10.1 Å². The third kappa shape index (κ3) is 3.08. The van der Waals surface area contributed by atoms with Gasteiger partial charge in [0.05, 0.1) is 11.5 Å². The van der Waals surface area contributed by atoms with Gasteiger partial charge in [0.1, 0.15) is 15.1 Å². The van der Waals surface area contributed by atoms with Crippen LogP contribution in [-0.4, -0.2) is 19.9 Å². The fraction of sp³-hybridized carbons (Fsp3) is 0.250. The second kappa shape index (κ2) is 5.19. The van der Waals surface area contributed by atoms with Crippen LogP contribution in [0, 0.1) is 10.1 Å². The second-order valence-corrected chi connectivity index (χ2v) is 6.15. The lowest BCUT2D eigenvalue weighted by atomic mass is 10.3. The van der Waals surface area contributed by atoms with E-state index in [0.717, 1.165) is 6.07 Å². The Labute approximate surface area is 110 Å². The normalized spacial score (nSPS) is 11.2. The SMILES string of the molecule is CCOc1ccc([N+](=O)[O-])c(Br)c1S(=O)(=O)Cl. The lowest BCUT2D eigenvalue weighted by Gasteiger charge is -2.09. The summed E-state index contributed by atoms with van der Waals surface area (Å²) in [5, 5.41) is 10.7. The Bertz CT molecular complexity index is 559. The summed E-state index contributed by atoms with van der Waals surface area (Å²) in [6.45, 7) is 1.86. The van der Waals surface area contributed by atoms with Gasteiger partial charge in [-0.15, -0.1) is 0 Å². The van der Waals surface area contributed by atoms with Crippen LogP contribution in [0.1, 0.15) is 6.92 Å². The molecule has 0 unspecified atom stereocenters. The van der Waals surface area contributed by atoms with E-state index < -0.39 is 24.6 Å². The Morgan fingerprint density at radius 1 is 1.53 bits per heavy atom. The summed E-state index contributed by atoms with van der Waals surface area (Å²) in [5.41, 5.74) is -0.396. The molecule has 0 aliphatic heterocycles. The van der Waals surface area contributed by atoms with Crippen molar-refractivity contribution in [3.8, 4) is 5.75 Å². The monoisotopic (exact) mass is 343 g/mol. The number of benzene rings is 1. The fourth-order valence-electron chi connectivity index (χ4n) is 1.17. The molecule has 0 bridgehead atoms. The van der Waals surface area contributed by atoms with E-state index in [9.17, 15) is 18.5 Å². The summed E-state index contributed by atoms with van der Waals surface area (Å²) in [7, 11) is 1.07. The Hall–Kier alpha value is -0.860. The molecule has 9 heteroatoms. The predicted molar refractivity (Wildman–Crippen MR) is 65.0 cm³/mol. The molecule has 0 saturated carbocycles. The van der Waals surface area contributed by atoms with E-state index in [2.05, 4.69) is 15.9 Å². The van der Waals surface area contributed by atoms with Gasteiger partial charge in [-0.2, -0.15) is 0 Å². The Kier molecular flexibility index (Phi) is 4.34. The van der Waals surface area contributed by atoms with Crippen molar-refractivity contribution in [1.82, 2.24) is 0 Å². The minimum atomic E-state index is -4.15. The average Bonchev–Trinajstić information content (AvgIpc) is 2.15. The zero-order valence-electron chi connectivity index (χ0n) is 8.51. The fourth-order valence-corrected chi connectivity index (χ4v) is 3.70. The van der Waals surface area contributed by atoms with Gasteiger partial charge in [-0.1, -0.05) is 0 Å². The number of hydrogen-bond acceptors (Lipinski definition) is 5. The maximum absolute atomic E-state index is 11.4. The highest BCUT2D eigenvalue weighted by molar-refractivity contribution is 9.10. The molecule has 0 N–H and O–H groups in total. The largest absolute Gasteiger partial charge is 0.492 e. The standard InChI is InChI=1S/C8H7BrClNO5S/c1-2-16-6-4-3-5(11(12)13)7(9)8(6)17(10,14)15/h3-4H,2H2,1H3. The van der Waals surface area contributed by atoms with Gasteiger partial charge in [0.2, 0.25) is 0 Å². The lowest BCUT2D eigenvalue weighted by Crippen LogP contribution is -2.02. The Morgan fingerprint density at radius 2 is 2.12 bits per heavy atom. The van der Waals surface area contributed by atoms with Gasteiger partial charge >= 0.3 is 0 Å². The molecule has 0 radical (unpaired) electrons. The summed E-state index contributed by atoms with van der Waals surface area (Å²) in [4.78, 5) is 9.52. The highest BCUT2D eigenvalue weighted by atomic mass is 79.9. The van der Waals surface area contributed by atoms with Gasteiger partial charge < -0.3 is 4.74 Å². The van der Waals surface area contributed by atoms with Crippen molar-refractivity contribution in [3.63, 3.8) is 0 Å². The van der Waals surface area contributed by atoms with Crippen molar-refractivity contribution >= 4 is 41.4 Å². The molecule has 0 atom stereocenters. The van der Waals surface area contributed by atoms with Gasteiger partial charge in [0.15, 0.2) is 0 Å². The first kappa shape index (κ1) is 14.2. The molecule has 0 aliphatic carbocycles. The molecule has 0 heterocycles. The molecule has 1 rings (SSSR count). The van der Waals surface area contributed by atoms with Crippen molar-refractivity contribution < 1.29 is 18.1 Å². The molecule has 0 amide bonds. The molecule has 0 aromatic heterocycles. The minimum Gasteiger partial charge on any atom is -0.492 e. The second-order valence-electron chi connectivity index (χ2n) is 2.85. The number of hydrogen-bond donors (Lipinski definition) is 0. The quantitative estimate of drug-likeness (QED) is 0.476. The third-order valence-electron chi connectivity index (χ3n) is 1.78. The minimum absolute atomic E-state index is 0.0278. The Morgan fingerprint density at radius 3 is 2.53 bits per heavy atom. The van der Waals surface area contributed by atoms with E-state index in [-0.39, 0.29) is 16.8 Å². The first-order chi connectivity index (χ1) is 7.79. The average molecular weight is 345 g/mol. The van der Waals surface area contributed by atoms with Crippen LogP contribution in [-0.2, 0) is 9.05 Å². The maximum Gasteiger partial charge on any atom is 0.285 e. The molecule has 17 heavy (non-hydrogen) atoms. The molecule has 0 spiro atoms. The molecule has 1 aromatic carbocycles. The number of rotatable bonds is 4. The van der Waals surface area contributed by atoms with Crippen LogP contribution in [0.3, 0.4) is 0 Å². The van der Waals surface area contributed by atoms with Crippen LogP contribution in [0.5, 0.6) is 5.75 Å². The van der Waals surface area contributed by atoms with Crippen LogP contribution >= 0.6 is 26.6 Å². The van der Waals surface area contributed by atoms with Gasteiger partial charge in [-0.05, 0) is 28.9 Å².